The molecule has 24 heavy (non-hydrogen) atoms. The number of halogens is 3. The molecular formula is C16H12F3NO4. The standard InChI is InChI=1S/C16H12F3NO4/c17-16(18,19)24-12-6-3-5-11(8-12)15(23)20-13-7-2-1-4-10(13)9-14(21)22/h1-8H,9H2,(H,20,23)(H,21,22). The van der Waals surface area contributed by atoms with Gasteiger partial charge in [-0.1, -0.05) is 24.3 Å². The fourth-order valence-electron chi connectivity index (χ4n) is 1.99. The van der Waals surface area contributed by atoms with Crippen LogP contribution in [0.4, 0.5) is 18.9 Å². The number of ether oxygens (including phenoxy) is 1. The van der Waals surface area contributed by atoms with Gasteiger partial charge in [-0.15, -0.1) is 13.2 Å². The fourth-order valence-corrected chi connectivity index (χ4v) is 1.99. The second-order valence-electron chi connectivity index (χ2n) is 4.76. The molecule has 2 aromatic carbocycles. The number of rotatable bonds is 5. The highest BCUT2D eigenvalue weighted by atomic mass is 19.4. The predicted molar refractivity (Wildman–Crippen MR) is 78.9 cm³/mol. The number of nitrogens with one attached hydrogen (secondary N) is 1. The Bertz CT molecular complexity index is 759. The third-order valence-electron chi connectivity index (χ3n) is 2.94. The molecule has 0 saturated carbocycles. The number of carboxylic acids is 1. The van der Waals surface area contributed by atoms with E-state index in [9.17, 15) is 22.8 Å². The molecule has 2 rings (SSSR count). The first-order chi connectivity index (χ1) is 11.2. The van der Waals surface area contributed by atoms with Gasteiger partial charge >= 0.3 is 12.3 Å². The summed E-state index contributed by atoms with van der Waals surface area (Å²) in [5, 5.41) is 11.3. The zero-order valence-corrected chi connectivity index (χ0v) is 12.1. The van der Waals surface area contributed by atoms with Crippen molar-refractivity contribution >= 4 is 17.6 Å². The molecule has 0 aliphatic rings. The lowest BCUT2D eigenvalue weighted by Crippen LogP contribution is -2.18. The summed E-state index contributed by atoms with van der Waals surface area (Å²) in [6.45, 7) is 0. The van der Waals surface area contributed by atoms with E-state index >= 15 is 0 Å². The summed E-state index contributed by atoms with van der Waals surface area (Å²) in [4.78, 5) is 23.0. The van der Waals surface area contributed by atoms with Crippen LogP contribution in [0.25, 0.3) is 0 Å². The molecule has 8 heteroatoms. The van der Waals surface area contributed by atoms with Gasteiger partial charge in [0, 0.05) is 11.3 Å². The van der Waals surface area contributed by atoms with Crippen LogP contribution in [-0.2, 0) is 11.2 Å². The first kappa shape index (κ1) is 17.3. The summed E-state index contributed by atoms with van der Waals surface area (Å²) in [6.07, 6.45) is -5.16. The molecule has 2 N–H and O–H groups in total. The van der Waals surface area contributed by atoms with Crippen molar-refractivity contribution in [1.82, 2.24) is 0 Å². The number of para-hydroxylation sites is 1. The highest BCUT2D eigenvalue weighted by Crippen LogP contribution is 2.24. The van der Waals surface area contributed by atoms with Crippen molar-refractivity contribution in [3.63, 3.8) is 0 Å². The molecule has 0 heterocycles. The lowest BCUT2D eigenvalue weighted by Gasteiger charge is -2.12. The van der Waals surface area contributed by atoms with Crippen LogP contribution in [0.5, 0.6) is 5.75 Å². The number of hydrogen-bond acceptors (Lipinski definition) is 3. The maximum absolute atomic E-state index is 12.2. The quantitative estimate of drug-likeness (QED) is 0.875. The Labute approximate surface area is 134 Å². The first-order valence-corrected chi connectivity index (χ1v) is 6.71. The second kappa shape index (κ2) is 7.03. The van der Waals surface area contributed by atoms with Crippen LogP contribution in [0.15, 0.2) is 48.5 Å². The number of hydrogen-bond donors (Lipinski definition) is 2. The Morgan fingerprint density at radius 1 is 1.08 bits per heavy atom. The van der Waals surface area contributed by atoms with Crippen LogP contribution in [0.2, 0.25) is 0 Å². The third kappa shape index (κ3) is 5.01. The number of carboxylic acid groups (broad SMARTS) is 1. The minimum Gasteiger partial charge on any atom is -0.481 e. The number of amides is 1. The topological polar surface area (TPSA) is 75.6 Å². The molecule has 0 fully saturated rings. The lowest BCUT2D eigenvalue weighted by atomic mass is 10.1. The minimum absolute atomic E-state index is 0.0538. The molecule has 126 valence electrons. The van der Waals surface area contributed by atoms with Crippen molar-refractivity contribution in [3.05, 3.63) is 59.7 Å². The predicted octanol–water partition coefficient (Wildman–Crippen LogP) is 3.46. The van der Waals surface area contributed by atoms with Crippen molar-refractivity contribution < 1.29 is 32.6 Å². The van der Waals surface area contributed by atoms with Crippen LogP contribution in [0.1, 0.15) is 15.9 Å². The van der Waals surface area contributed by atoms with Crippen molar-refractivity contribution in [3.8, 4) is 5.75 Å². The molecule has 0 radical (unpaired) electrons. The van der Waals surface area contributed by atoms with Gasteiger partial charge in [-0.25, -0.2) is 0 Å². The number of benzene rings is 2. The van der Waals surface area contributed by atoms with Crippen LogP contribution < -0.4 is 10.1 Å². The van der Waals surface area contributed by atoms with Gasteiger partial charge in [0.15, 0.2) is 0 Å². The average Bonchev–Trinajstić information content (AvgIpc) is 2.47. The molecule has 5 nitrogen and oxygen atoms in total. The van der Waals surface area contributed by atoms with E-state index < -0.39 is 24.0 Å². The number of anilines is 1. The molecule has 0 unspecified atom stereocenters. The van der Waals surface area contributed by atoms with Gasteiger partial charge in [0.05, 0.1) is 6.42 Å². The van der Waals surface area contributed by atoms with E-state index in [0.29, 0.717) is 5.56 Å². The van der Waals surface area contributed by atoms with Gasteiger partial charge in [0.2, 0.25) is 0 Å². The maximum atomic E-state index is 12.2. The molecular weight excluding hydrogens is 327 g/mol. The van der Waals surface area contributed by atoms with Crippen molar-refractivity contribution in [2.75, 3.05) is 5.32 Å². The van der Waals surface area contributed by atoms with E-state index in [2.05, 4.69) is 10.1 Å². The monoisotopic (exact) mass is 339 g/mol. The highest BCUT2D eigenvalue weighted by Gasteiger charge is 2.31. The zero-order chi connectivity index (χ0) is 17.7. The largest absolute Gasteiger partial charge is 0.573 e. The molecule has 0 aliphatic carbocycles. The Morgan fingerprint density at radius 2 is 1.79 bits per heavy atom. The average molecular weight is 339 g/mol. The molecule has 0 aliphatic heterocycles. The molecule has 0 atom stereocenters. The van der Waals surface area contributed by atoms with Crippen LogP contribution in [0.3, 0.4) is 0 Å². The molecule has 2 aromatic rings. The van der Waals surface area contributed by atoms with Crippen molar-refractivity contribution in [2.24, 2.45) is 0 Å². The Hall–Kier alpha value is -3.03. The normalized spacial score (nSPS) is 11.0. The van der Waals surface area contributed by atoms with Gasteiger partial charge < -0.3 is 15.2 Å². The van der Waals surface area contributed by atoms with E-state index in [-0.39, 0.29) is 17.7 Å². The summed E-state index contributed by atoms with van der Waals surface area (Å²) < 4.78 is 40.4. The summed E-state index contributed by atoms with van der Waals surface area (Å²) in [7, 11) is 0. The van der Waals surface area contributed by atoms with E-state index in [4.69, 9.17) is 5.11 Å². The Morgan fingerprint density at radius 3 is 2.46 bits per heavy atom. The van der Waals surface area contributed by atoms with Gasteiger partial charge in [0.1, 0.15) is 5.75 Å². The van der Waals surface area contributed by atoms with Crippen LogP contribution in [0, 0.1) is 0 Å². The molecule has 1 amide bonds. The van der Waals surface area contributed by atoms with Crippen LogP contribution in [-0.4, -0.2) is 23.3 Å². The summed E-state index contributed by atoms with van der Waals surface area (Å²) >= 11 is 0. The maximum Gasteiger partial charge on any atom is 0.573 e. The number of alkyl halides is 3. The molecule has 0 saturated heterocycles. The summed E-state index contributed by atoms with van der Waals surface area (Å²) in [6, 6.07) is 10.8. The summed E-state index contributed by atoms with van der Waals surface area (Å²) in [5.41, 5.74) is 0.593. The smallest absolute Gasteiger partial charge is 0.481 e. The van der Waals surface area contributed by atoms with E-state index in [1.165, 1.54) is 24.3 Å². The zero-order valence-electron chi connectivity index (χ0n) is 12.1. The van der Waals surface area contributed by atoms with Gasteiger partial charge in [-0.2, -0.15) is 0 Å². The van der Waals surface area contributed by atoms with Gasteiger partial charge in [-0.05, 0) is 29.8 Å². The Balaban J connectivity index is 2.19. The van der Waals surface area contributed by atoms with Gasteiger partial charge in [-0.3, -0.25) is 9.59 Å². The third-order valence-corrected chi connectivity index (χ3v) is 2.94. The first-order valence-electron chi connectivity index (χ1n) is 6.71. The Kier molecular flexibility index (Phi) is 5.08. The van der Waals surface area contributed by atoms with Gasteiger partial charge in [0.25, 0.3) is 5.91 Å². The fraction of sp³-hybridized carbons (Fsp3) is 0.125. The number of carbonyl (C=O) groups excluding carboxylic acids is 1. The van der Waals surface area contributed by atoms with Crippen molar-refractivity contribution in [2.45, 2.75) is 12.8 Å². The second-order valence-corrected chi connectivity index (χ2v) is 4.76. The number of aliphatic carboxylic acids is 1. The van der Waals surface area contributed by atoms with E-state index in [1.54, 1.807) is 12.1 Å². The minimum atomic E-state index is -4.86. The van der Waals surface area contributed by atoms with Crippen LogP contribution >= 0.6 is 0 Å². The molecule has 0 spiro atoms. The van der Waals surface area contributed by atoms with E-state index in [0.717, 1.165) is 12.1 Å². The molecule has 0 bridgehead atoms. The number of carbonyl (C=O) groups is 2. The lowest BCUT2D eigenvalue weighted by molar-refractivity contribution is -0.274. The highest BCUT2D eigenvalue weighted by molar-refractivity contribution is 6.05. The SMILES string of the molecule is O=C(O)Cc1ccccc1NC(=O)c1cccc(OC(F)(F)F)c1. The summed E-state index contributed by atoms with van der Waals surface area (Å²) in [5.74, 6) is -2.27. The van der Waals surface area contributed by atoms with Crippen molar-refractivity contribution in [1.29, 1.82) is 0 Å². The molecule has 0 aromatic heterocycles. The van der Waals surface area contributed by atoms with E-state index in [1.807, 2.05) is 0 Å².